The molecule has 394 valence electrons. The molecule has 0 aromatic heterocycles. The predicted molar refractivity (Wildman–Crippen MR) is 253 cm³/mol. The van der Waals surface area contributed by atoms with Gasteiger partial charge in [0.1, 0.15) is 18.0 Å². The molecule has 2 bridgehead atoms. The molecule has 0 saturated carbocycles. The summed E-state index contributed by atoms with van der Waals surface area (Å²) in [5.41, 5.74) is 5.98. The first-order valence-corrected chi connectivity index (χ1v) is 23.6. The number of carboxylic acid groups (broad SMARTS) is 1. The molecule has 3 aliphatic heterocycles. The highest BCUT2D eigenvalue weighted by molar-refractivity contribution is 5.80. The largest absolute Gasteiger partial charge is 0.481 e. The molecule has 3 heterocycles. The van der Waals surface area contributed by atoms with E-state index in [9.17, 15) is 65.1 Å². The van der Waals surface area contributed by atoms with Gasteiger partial charge in [0.05, 0.1) is 86.5 Å². The van der Waals surface area contributed by atoms with Crippen molar-refractivity contribution in [3.05, 3.63) is 85.1 Å². The first-order valence-electron chi connectivity index (χ1n) is 23.6. The molecule has 0 radical (unpaired) electrons. The fourth-order valence-electron chi connectivity index (χ4n) is 7.91. The lowest BCUT2D eigenvalue weighted by atomic mass is 9.86. The van der Waals surface area contributed by atoms with Crippen LogP contribution in [0.3, 0.4) is 0 Å². The number of urea groups is 1. The summed E-state index contributed by atoms with van der Waals surface area (Å²) in [6.45, 7) is 4.61. The fraction of sp³-hybridized carbons (Fsp3) is 0.633. The summed E-state index contributed by atoms with van der Waals surface area (Å²) >= 11 is 0. The maximum absolute atomic E-state index is 12.9. The minimum absolute atomic E-state index is 0.212. The summed E-state index contributed by atoms with van der Waals surface area (Å²) in [6.07, 6.45) is 4.54. The molecule has 0 aromatic rings. The molecule has 3 aliphatic rings. The second-order valence-corrected chi connectivity index (χ2v) is 18.2. The SMILES string of the molecule is CC1/C=C/C=C/C=C/C=C/C=C/C=C/C=C/C(OC2OC[C@@H](O)[C@H](N)[C@@H]2O)CC2OC(O)(CC(O)C(O)CCC(O)CC(=O)CC(O)CC(=O)OC(C)C(C)C1O)CC(O)C2NC(=O)NCCC(=O)O. The highest BCUT2D eigenvalue weighted by Crippen LogP contribution is 2.35. The minimum atomic E-state index is -2.36. The quantitative estimate of drug-likeness (QED) is 0.155. The van der Waals surface area contributed by atoms with E-state index in [2.05, 4.69) is 10.6 Å². The first kappa shape index (κ1) is 59.8. The summed E-state index contributed by atoms with van der Waals surface area (Å²) in [4.78, 5) is 49.4. The number of cyclic esters (lactones) is 1. The van der Waals surface area contributed by atoms with Gasteiger partial charge in [-0.2, -0.15) is 0 Å². The highest BCUT2D eigenvalue weighted by Gasteiger charge is 2.49. The van der Waals surface area contributed by atoms with Crippen LogP contribution in [0.2, 0.25) is 0 Å². The van der Waals surface area contributed by atoms with Crippen molar-refractivity contribution in [1.82, 2.24) is 10.6 Å². The number of nitrogens with two attached hydrogens (primary N) is 1. The Hall–Kier alpha value is -4.46. The second-order valence-electron chi connectivity index (χ2n) is 18.2. The smallest absolute Gasteiger partial charge is 0.315 e. The van der Waals surface area contributed by atoms with Crippen molar-refractivity contribution in [3.63, 3.8) is 0 Å². The van der Waals surface area contributed by atoms with Gasteiger partial charge in [0.25, 0.3) is 0 Å². The minimum Gasteiger partial charge on any atom is -0.481 e. The Labute approximate surface area is 408 Å². The number of Topliss-reactive ketones (excluding diaryl/α,β-unsaturated/α-hetero) is 1. The van der Waals surface area contributed by atoms with E-state index in [4.69, 9.17) is 29.8 Å². The Bertz CT molecular complexity index is 1860. The van der Waals surface area contributed by atoms with Crippen molar-refractivity contribution in [2.75, 3.05) is 13.2 Å². The van der Waals surface area contributed by atoms with Gasteiger partial charge >= 0.3 is 18.0 Å². The number of allylic oxidation sites excluding steroid dienone is 12. The topological polar surface area (TPSA) is 358 Å². The Morgan fingerprint density at radius 3 is 1.93 bits per heavy atom. The van der Waals surface area contributed by atoms with Gasteiger partial charge in [-0.05, 0) is 19.8 Å². The van der Waals surface area contributed by atoms with Crippen LogP contribution in [-0.2, 0) is 33.3 Å². The number of rotatable bonds is 6. The van der Waals surface area contributed by atoms with Crippen LogP contribution in [0.1, 0.15) is 78.6 Å². The number of amides is 2. The second kappa shape index (κ2) is 30.4. The van der Waals surface area contributed by atoms with E-state index in [1.807, 2.05) is 6.92 Å². The van der Waals surface area contributed by atoms with Crippen LogP contribution in [0.15, 0.2) is 85.1 Å². The van der Waals surface area contributed by atoms with Crippen molar-refractivity contribution in [2.24, 2.45) is 17.6 Å². The van der Waals surface area contributed by atoms with Crippen molar-refractivity contribution in [3.8, 4) is 0 Å². The Kier molecular flexibility index (Phi) is 26.0. The molecule has 2 saturated heterocycles. The zero-order chi connectivity index (χ0) is 52.0. The molecule has 3 rings (SSSR count). The number of carbonyl (C=O) groups excluding carboxylic acids is 3. The zero-order valence-corrected chi connectivity index (χ0v) is 39.9. The van der Waals surface area contributed by atoms with Crippen molar-refractivity contribution >= 4 is 23.8 Å². The molecule has 0 aliphatic carbocycles. The van der Waals surface area contributed by atoms with Gasteiger partial charge in [0.15, 0.2) is 12.1 Å². The molecule has 17 atom stereocenters. The summed E-state index contributed by atoms with van der Waals surface area (Å²) in [5.74, 6) is -5.70. The third-order valence-corrected chi connectivity index (χ3v) is 12.2. The van der Waals surface area contributed by atoms with Crippen molar-refractivity contribution in [2.45, 2.75) is 170 Å². The summed E-state index contributed by atoms with van der Waals surface area (Å²) in [5, 5.41) is 112. The molecule has 21 nitrogen and oxygen atoms in total. The Morgan fingerprint density at radius 2 is 1.31 bits per heavy atom. The van der Waals surface area contributed by atoms with E-state index in [1.54, 1.807) is 92.8 Å². The van der Waals surface area contributed by atoms with E-state index < -0.39 is 160 Å². The van der Waals surface area contributed by atoms with Gasteiger partial charge in [-0.25, -0.2) is 4.79 Å². The Morgan fingerprint density at radius 1 is 0.743 bits per heavy atom. The van der Waals surface area contributed by atoms with Crippen molar-refractivity contribution in [1.29, 1.82) is 0 Å². The average molecular weight is 994 g/mol. The van der Waals surface area contributed by atoms with Gasteiger partial charge in [0.2, 0.25) is 0 Å². The molecule has 2 fully saturated rings. The molecule has 14 N–H and O–H groups in total. The van der Waals surface area contributed by atoms with Crippen LogP contribution in [-0.4, -0.2) is 179 Å². The normalized spacial score (nSPS) is 40.8. The van der Waals surface area contributed by atoms with Gasteiger partial charge in [-0.15, -0.1) is 0 Å². The number of aliphatic carboxylic acids is 1. The predicted octanol–water partition coefficient (Wildman–Crippen LogP) is -0.0269. The van der Waals surface area contributed by atoms with Crippen LogP contribution in [0.4, 0.5) is 4.79 Å². The van der Waals surface area contributed by atoms with E-state index in [1.165, 1.54) is 6.08 Å². The Balaban J connectivity index is 1.91. The molecule has 0 aromatic carbocycles. The van der Waals surface area contributed by atoms with Crippen LogP contribution in [0.5, 0.6) is 0 Å². The highest BCUT2D eigenvalue weighted by atomic mass is 16.7. The maximum Gasteiger partial charge on any atom is 0.315 e. The summed E-state index contributed by atoms with van der Waals surface area (Å²) in [7, 11) is 0. The van der Waals surface area contributed by atoms with Crippen LogP contribution >= 0.6 is 0 Å². The van der Waals surface area contributed by atoms with Crippen LogP contribution in [0, 0.1) is 11.8 Å². The van der Waals surface area contributed by atoms with E-state index in [0.29, 0.717) is 0 Å². The van der Waals surface area contributed by atoms with Gasteiger partial charge in [-0.1, -0.05) is 98.9 Å². The molecule has 21 heteroatoms. The number of hydrogen-bond donors (Lipinski definition) is 13. The molecule has 0 spiro atoms. The van der Waals surface area contributed by atoms with Gasteiger partial charge in [-0.3, -0.25) is 14.4 Å². The van der Waals surface area contributed by atoms with Gasteiger partial charge in [0, 0.05) is 50.5 Å². The first-order chi connectivity index (χ1) is 33.1. The number of carboxylic acids is 1. The lowest BCUT2D eigenvalue weighted by molar-refractivity contribution is -0.300. The lowest BCUT2D eigenvalue weighted by Crippen LogP contribution is -2.63. The van der Waals surface area contributed by atoms with Crippen molar-refractivity contribution < 1.29 is 89.2 Å². The van der Waals surface area contributed by atoms with E-state index in [-0.39, 0.29) is 38.3 Å². The summed E-state index contributed by atoms with van der Waals surface area (Å²) < 4.78 is 23.2. The zero-order valence-electron chi connectivity index (χ0n) is 39.9. The number of aliphatic hydroxyl groups excluding tert-OH is 8. The monoisotopic (exact) mass is 994 g/mol. The third-order valence-electron chi connectivity index (χ3n) is 12.2. The number of nitrogens with one attached hydrogen (secondary N) is 2. The standard InChI is InChI=1S/C49H75N3O18/c1-29-16-14-12-10-8-6-4-5-7-9-11-13-15-17-35(69-47-46(64)43(50)39(59)28-67-47)25-40-44(52-48(65)51-21-20-41(60)61)38(58)27-49(66,70-40)26-37(57)36(56)19-18-32(53)22-33(54)23-34(55)24-42(62)68-31(3)30(2)45(29)63/h4-17,29-32,34-40,43-47,53,55-59,63-64,66H,18-28,50H2,1-3H3,(H,60,61)(H2,51,52,65)/b5-4+,8-6+,9-7+,12-10+,13-11+,16-14+,17-15+/t29?,30?,31?,32?,34?,35?,36?,37?,38?,39-,40?,43+,44?,45?,46+,47?,49?/m1/s1. The van der Waals surface area contributed by atoms with E-state index in [0.717, 1.165) is 0 Å². The average Bonchev–Trinajstić information content (AvgIpc) is 3.28. The van der Waals surface area contributed by atoms with Crippen LogP contribution in [0.25, 0.3) is 0 Å². The number of aliphatic hydroxyl groups is 9. The molecular formula is C49H75N3O18. The number of carbonyl (C=O) groups is 4. The third kappa shape index (κ3) is 21.5. The number of ether oxygens (including phenoxy) is 4. The molecule has 70 heavy (non-hydrogen) atoms. The number of ketones is 1. The maximum atomic E-state index is 12.9. The molecule has 2 amide bonds. The lowest BCUT2D eigenvalue weighted by Gasteiger charge is -2.46. The number of esters is 1. The number of fused-ring (bicyclic) bond motifs is 2. The molecular weight excluding hydrogens is 919 g/mol. The molecule has 14 unspecified atom stereocenters. The summed E-state index contributed by atoms with van der Waals surface area (Å²) in [6, 6.07) is -3.33. The van der Waals surface area contributed by atoms with E-state index >= 15 is 0 Å². The fourth-order valence-corrected chi connectivity index (χ4v) is 7.91. The van der Waals surface area contributed by atoms with Gasteiger partial charge < -0.3 is 86.4 Å². The number of hydrogen-bond acceptors (Lipinski definition) is 18. The van der Waals surface area contributed by atoms with Crippen LogP contribution < -0.4 is 16.4 Å².